The maximum atomic E-state index is 2.55. The third kappa shape index (κ3) is 4.08. The van der Waals surface area contributed by atoms with Crippen molar-refractivity contribution in [2.45, 2.75) is 36.5 Å². The zero-order valence-corrected chi connectivity index (χ0v) is 30.7. The molecule has 0 radical (unpaired) electrons. The van der Waals surface area contributed by atoms with Crippen LogP contribution in [0.3, 0.4) is 0 Å². The summed E-state index contributed by atoms with van der Waals surface area (Å²) < 4.78 is 0. The molecule has 0 aromatic heterocycles. The molecule has 1 saturated carbocycles. The summed E-state index contributed by atoms with van der Waals surface area (Å²) in [5.41, 5.74) is 22.3. The number of rotatable bonds is 4. The quantitative estimate of drug-likeness (QED) is 0.177. The fourth-order valence-electron chi connectivity index (χ4n) is 11.3. The van der Waals surface area contributed by atoms with Crippen molar-refractivity contribution in [3.8, 4) is 44.5 Å². The molecule has 0 N–H and O–H groups in total. The lowest BCUT2D eigenvalue weighted by atomic mass is 9.70. The number of para-hydroxylation sites is 1. The molecule has 8 aromatic rings. The molecule has 12 rings (SSSR count). The third-order valence-electron chi connectivity index (χ3n) is 13.4. The monoisotopic (exact) mass is 701 g/mol. The first kappa shape index (κ1) is 31.0. The summed E-state index contributed by atoms with van der Waals surface area (Å²) in [5.74, 6) is 0. The molecule has 0 amide bonds. The Balaban J connectivity index is 1.12. The molecule has 2 spiro atoms. The molecule has 1 fully saturated rings. The van der Waals surface area contributed by atoms with Crippen molar-refractivity contribution in [1.82, 2.24) is 0 Å². The molecule has 260 valence electrons. The molecule has 1 nitrogen and oxygen atoms in total. The van der Waals surface area contributed by atoms with Gasteiger partial charge in [0, 0.05) is 22.4 Å². The molecule has 0 atom stereocenters. The Morgan fingerprint density at radius 2 is 0.782 bits per heavy atom. The van der Waals surface area contributed by atoms with Crippen LogP contribution in [0.4, 0.5) is 17.1 Å². The average molecular weight is 702 g/mol. The van der Waals surface area contributed by atoms with Gasteiger partial charge in [-0.1, -0.05) is 171 Å². The molecule has 4 aliphatic carbocycles. The first-order valence-corrected chi connectivity index (χ1v) is 19.9. The molecule has 0 heterocycles. The van der Waals surface area contributed by atoms with Crippen LogP contribution in [-0.2, 0) is 10.8 Å². The van der Waals surface area contributed by atoms with Gasteiger partial charge in [-0.2, -0.15) is 0 Å². The van der Waals surface area contributed by atoms with E-state index in [0.29, 0.717) is 0 Å². The molecule has 0 saturated heterocycles. The Labute approximate surface area is 323 Å². The maximum absolute atomic E-state index is 2.55. The predicted octanol–water partition coefficient (Wildman–Crippen LogP) is 14.0. The van der Waals surface area contributed by atoms with Gasteiger partial charge in [0.05, 0.1) is 11.1 Å². The van der Waals surface area contributed by atoms with Gasteiger partial charge in [-0.25, -0.2) is 0 Å². The summed E-state index contributed by atoms with van der Waals surface area (Å²) in [6, 6.07) is 71.0. The molecule has 0 unspecified atom stereocenters. The number of hydrogen-bond donors (Lipinski definition) is 0. The van der Waals surface area contributed by atoms with Gasteiger partial charge in [0.15, 0.2) is 0 Å². The summed E-state index contributed by atoms with van der Waals surface area (Å²) >= 11 is 0. The van der Waals surface area contributed by atoms with Crippen molar-refractivity contribution in [1.29, 1.82) is 0 Å². The fourth-order valence-corrected chi connectivity index (χ4v) is 11.3. The highest BCUT2D eigenvalue weighted by Crippen LogP contribution is 2.64. The lowest BCUT2D eigenvalue weighted by molar-refractivity contribution is 0.550. The number of fused-ring (bicyclic) bond motifs is 15. The number of nitrogens with zero attached hydrogens (tertiary/aromatic N) is 1. The predicted molar refractivity (Wildman–Crippen MR) is 228 cm³/mol. The third-order valence-corrected chi connectivity index (χ3v) is 13.4. The molecule has 1 heteroatoms. The highest BCUT2D eigenvalue weighted by atomic mass is 15.1. The maximum Gasteiger partial charge on any atom is 0.0725 e. The van der Waals surface area contributed by atoms with Gasteiger partial charge in [0.2, 0.25) is 0 Å². The van der Waals surface area contributed by atoms with Gasteiger partial charge < -0.3 is 4.90 Å². The van der Waals surface area contributed by atoms with E-state index in [1.165, 1.54) is 121 Å². The van der Waals surface area contributed by atoms with Gasteiger partial charge >= 0.3 is 0 Å². The molecular formula is C54H39N. The largest absolute Gasteiger partial charge is 0.310 e. The fraction of sp³-hybridized carbons (Fsp3) is 0.111. The first-order valence-electron chi connectivity index (χ1n) is 19.9. The topological polar surface area (TPSA) is 3.24 Å². The van der Waals surface area contributed by atoms with Crippen LogP contribution in [0.2, 0.25) is 0 Å². The van der Waals surface area contributed by atoms with Gasteiger partial charge in [0.1, 0.15) is 0 Å². The van der Waals surface area contributed by atoms with Gasteiger partial charge in [-0.05, 0) is 115 Å². The Morgan fingerprint density at radius 3 is 1.44 bits per heavy atom. The number of hydrogen-bond acceptors (Lipinski definition) is 1. The molecule has 0 bridgehead atoms. The smallest absolute Gasteiger partial charge is 0.0725 e. The zero-order valence-electron chi connectivity index (χ0n) is 30.7. The lowest BCUT2D eigenvalue weighted by Gasteiger charge is -2.32. The second-order valence-electron chi connectivity index (χ2n) is 15.9. The first-order chi connectivity index (χ1) is 27.3. The normalized spacial score (nSPS) is 15.6. The highest BCUT2D eigenvalue weighted by molar-refractivity contribution is 5.98. The summed E-state index contributed by atoms with van der Waals surface area (Å²) in [5, 5.41) is 0. The second kappa shape index (κ2) is 11.5. The summed E-state index contributed by atoms with van der Waals surface area (Å²) in [6.07, 6.45) is 4.97. The van der Waals surface area contributed by atoms with Gasteiger partial charge in [-0.3, -0.25) is 0 Å². The van der Waals surface area contributed by atoms with Crippen LogP contribution in [0.15, 0.2) is 188 Å². The van der Waals surface area contributed by atoms with Crippen LogP contribution in [0, 0.1) is 0 Å². The molecule has 4 aliphatic rings. The zero-order chi connectivity index (χ0) is 36.1. The standard InChI is InChI=1S/C54H39N/c1-2-16-36(17-3-1)39-18-8-13-27-52(39)55(38-28-30-44-40-19-4-9-23-46(40)53(51(44)35-38)32-14-15-33-53)37-29-31-50-45(34-37)43-22-7-12-26-49(43)54(50)47-24-10-5-20-41(47)42-21-6-11-25-48(42)54/h1-13,16-31,34-35H,14-15,32-33H2. The van der Waals surface area contributed by atoms with E-state index in [2.05, 4.69) is 193 Å². The van der Waals surface area contributed by atoms with Gasteiger partial charge in [0.25, 0.3) is 0 Å². The molecule has 55 heavy (non-hydrogen) atoms. The van der Waals surface area contributed by atoms with Crippen molar-refractivity contribution >= 4 is 17.1 Å². The summed E-state index contributed by atoms with van der Waals surface area (Å²) in [7, 11) is 0. The number of benzene rings is 8. The Morgan fingerprint density at radius 1 is 0.327 bits per heavy atom. The molecule has 8 aromatic carbocycles. The van der Waals surface area contributed by atoms with Crippen LogP contribution >= 0.6 is 0 Å². The van der Waals surface area contributed by atoms with Crippen molar-refractivity contribution in [3.05, 3.63) is 221 Å². The highest BCUT2D eigenvalue weighted by Gasteiger charge is 2.51. The molecule has 0 aliphatic heterocycles. The van der Waals surface area contributed by atoms with E-state index in [-0.39, 0.29) is 10.8 Å². The van der Waals surface area contributed by atoms with Crippen LogP contribution in [0.5, 0.6) is 0 Å². The van der Waals surface area contributed by atoms with E-state index in [1.54, 1.807) is 0 Å². The van der Waals surface area contributed by atoms with Crippen molar-refractivity contribution in [2.75, 3.05) is 4.90 Å². The minimum atomic E-state index is -0.362. The van der Waals surface area contributed by atoms with E-state index in [4.69, 9.17) is 0 Å². The van der Waals surface area contributed by atoms with E-state index >= 15 is 0 Å². The lowest BCUT2D eigenvalue weighted by Crippen LogP contribution is -2.25. The SMILES string of the molecule is c1ccc(-c2ccccc2N(c2ccc3c(c2)-c2ccccc2C32c3ccccc3-c3ccccc32)c2ccc3c(c2)C2(CCCC2)c2ccccc2-3)cc1. The van der Waals surface area contributed by atoms with Crippen LogP contribution in [0.25, 0.3) is 44.5 Å². The van der Waals surface area contributed by atoms with Crippen molar-refractivity contribution in [2.24, 2.45) is 0 Å². The summed E-state index contributed by atoms with van der Waals surface area (Å²) in [6.45, 7) is 0. The number of anilines is 3. The van der Waals surface area contributed by atoms with E-state index in [9.17, 15) is 0 Å². The van der Waals surface area contributed by atoms with E-state index in [1.807, 2.05) is 0 Å². The van der Waals surface area contributed by atoms with E-state index in [0.717, 1.165) is 0 Å². The minimum absolute atomic E-state index is 0.0824. The molecular weight excluding hydrogens is 663 g/mol. The van der Waals surface area contributed by atoms with Crippen LogP contribution in [-0.4, -0.2) is 0 Å². The van der Waals surface area contributed by atoms with Crippen LogP contribution < -0.4 is 4.90 Å². The van der Waals surface area contributed by atoms with E-state index < -0.39 is 0 Å². The van der Waals surface area contributed by atoms with Crippen molar-refractivity contribution in [3.63, 3.8) is 0 Å². The average Bonchev–Trinajstić information content (AvgIpc) is 4.01. The minimum Gasteiger partial charge on any atom is -0.310 e. The Bertz CT molecular complexity index is 2790. The Kier molecular flexibility index (Phi) is 6.49. The summed E-state index contributed by atoms with van der Waals surface area (Å²) in [4.78, 5) is 2.54. The van der Waals surface area contributed by atoms with Crippen molar-refractivity contribution < 1.29 is 0 Å². The van der Waals surface area contributed by atoms with Crippen LogP contribution in [0.1, 0.15) is 59.1 Å². The van der Waals surface area contributed by atoms with Gasteiger partial charge in [-0.15, -0.1) is 0 Å². The Hall–Kier alpha value is -6.44. The second-order valence-corrected chi connectivity index (χ2v) is 15.9.